The lowest BCUT2D eigenvalue weighted by atomic mass is 10.0. The molecule has 0 aliphatic heterocycles. The van der Waals surface area contributed by atoms with Crippen LogP contribution in [0.15, 0.2) is 78.9 Å². The van der Waals surface area contributed by atoms with Crippen LogP contribution < -0.4 is 10.1 Å². The van der Waals surface area contributed by atoms with Crippen LogP contribution >= 0.6 is 11.6 Å². The van der Waals surface area contributed by atoms with Crippen molar-refractivity contribution in [3.63, 3.8) is 0 Å². The first-order valence-corrected chi connectivity index (χ1v) is 11.0. The molecule has 0 aliphatic rings. The normalized spacial score (nSPS) is 10.8. The highest BCUT2D eigenvalue weighted by molar-refractivity contribution is 6.31. The van der Waals surface area contributed by atoms with Gasteiger partial charge in [-0.1, -0.05) is 48.0 Å². The standard InChI is InChI=1S/C27H23ClFNO3/c1-2-32-27(31)19-8-12-22(13-9-19)30-16-24-23-6-4-3-5-18(23)10-14-26(24)33-17-20-7-11-21(29)15-25(20)28/h3-15,30H,2,16-17H2,1H3. The molecule has 0 radical (unpaired) electrons. The van der Waals surface area contributed by atoms with E-state index in [0.29, 0.717) is 35.1 Å². The van der Waals surface area contributed by atoms with E-state index in [1.165, 1.54) is 12.1 Å². The van der Waals surface area contributed by atoms with Gasteiger partial charge in [0.15, 0.2) is 0 Å². The van der Waals surface area contributed by atoms with Gasteiger partial charge in [-0.15, -0.1) is 0 Å². The van der Waals surface area contributed by atoms with Gasteiger partial charge in [-0.3, -0.25) is 0 Å². The molecule has 0 aliphatic carbocycles. The zero-order valence-corrected chi connectivity index (χ0v) is 18.9. The molecule has 0 bridgehead atoms. The van der Waals surface area contributed by atoms with Crippen molar-refractivity contribution in [2.45, 2.75) is 20.1 Å². The average molecular weight is 464 g/mol. The van der Waals surface area contributed by atoms with Crippen molar-refractivity contribution in [1.82, 2.24) is 0 Å². The van der Waals surface area contributed by atoms with Crippen molar-refractivity contribution < 1.29 is 18.7 Å². The summed E-state index contributed by atoms with van der Waals surface area (Å²) < 4.78 is 24.5. The number of hydrogen-bond donors (Lipinski definition) is 1. The molecule has 1 N–H and O–H groups in total. The number of carbonyl (C=O) groups excluding carboxylic acids is 1. The van der Waals surface area contributed by atoms with E-state index in [-0.39, 0.29) is 18.4 Å². The molecule has 0 amide bonds. The van der Waals surface area contributed by atoms with Gasteiger partial charge in [-0.25, -0.2) is 9.18 Å². The van der Waals surface area contributed by atoms with E-state index in [2.05, 4.69) is 5.32 Å². The lowest BCUT2D eigenvalue weighted by molar-refractivity contribution is 0.0526. The molecular weight excluding hydrogens is 441 g/mol. The molecule has 168 valence electrons. The molecule has 0 aromatic heterocycles. The predicted octanol–water partition coefficient (Wildman–Crippen LogP) is 7.00. The minimum atomic E-state index is -0.381. The number of hydrogen-bond acceptors (Lipinski definition) is 4. The Bertz CT molecular complexity index is 1270. The quantitative estimate of drug-likeness (QED) is 0.286. The Kier molecular flexibility index (Phi) is 7.10. The SMILES string of the molecule is CCOC(=O)c1ccc(NCc2c(OCc3ccc(F)cc3Cl)ccc3ccccc23)cc1. The Morgan fingerprint density at radius 3 is 2.55 bits per heavy atom. The van der Waals surface area contributed by atoms with Crippen molar-refractivity contribution in [2.75, 3.05) is 11.9 Å². The van der Waals surface area contributed by atoms with E-state index < -0.39 is 0 Å². The molecule has 6 heteroatoms. The molecule has 4 aromatic rings. The highest BCUT2D eigenvalue weighted by Gasteiger charge is 2.11. The number of benzene rings is 4. The lowest BCUT2D eigenvalue weighted by Gasteiger charge is -2.16. The number of nitrogens with one attached hydrogen (secondary N) is 1. The van der Waals surface area contributed by atoms with Crippen LogP contribution in [0.25, 0.3) is 10.8 Å². The van der Waals surface area contributed by atoms with Crippen LogP contribution in [-0.2, 0) is 17.9 Å². The molecular formula is C27H23ClFNO3. The molecule has 4 rings (SSSR count). The number of halogens is 2. The highest BCUT2D eigenvalue weighted by Crippen LogP contribution is 2.30. The van der Waals surface area contributed by atoms with Crippen LogP contribution in [-0.4, -0.2) is 12.6 Å². The van der Waals surface area contributed by atoms with Crippen molar-refractivity contribution in [2.24, 2.45) is 0 Å². The maximum atomic E-state index is 13.4. The third-order valence-electron chi connectivity index (χ3n) is 5.26. The van der Waals surface area contributed by atoms with Gasteiger partial charge in [0.1, 0.15) is 18.2 Å². The van der Waals surface area contributed by atoms with E-state index in [0.717, 1.165) is 22.0 Å². The summed E-state index contributed by atoms with van der Waals surface area (Å²) in [7, 11) is 0. The van der Waals surface area contributed by atoms with E-state index >= 15 is 0 Å². The number of esters is 1. The topological polar surface area (TPSA) is 47.6 Å². The Balaban J connectivity index is 1.55. The zero-order chi connectivity index (χ0) is 23.2. The summed E-state index contributed by atoms with van der Waals surface area (Å²) in [5, 5.41) is 5.89. The first-order valence-electron chi connectivity index (χ1n) is 10.6. The number of ether oxygens (including phenoxy) is 2. The fourth-order valence-electron chi connectivity index (χ4n) is 3.56. The summed E-state index contributed by atoms with van der Waals surface area (Å²) in [6.07, 6.45) is 0. The second-order valence-corrected chi connectivity index (χ2v) is 7.85. The van der Waals surface area contributed by atoms with Gasteiger partial charge >= 0.3 is 5.97 Å². The van der Waals surface area contributed by atoms with Crippen LogP contribution in [0.4, 0.5) is 10.1 Å². The molecule has 0 saturated heterocycles. The van der Waals surface area contributed by atoms with Crippen molar-refractivity contribution in [3.05, 3.63) is 106 Å². The van der Waals surface area contributed by atoms with E-state index in [1.54, 1.807) is 25.1 Å². The molecule has 0 saturated carbocycles. The summed E-state index contributed by atoms with van der Waals surface area (Å²) in [6.45, 7) is 2.85. The molecule has 4 aromatic carbocycles. The minimum Gasteiger partial charge on any atom is -0.488 e. The third-order valence-corrected chi connectivity index (χ3v) is 5.61. The zero-order valence-electron chi connectivity index (χ0n) is 18.1. The minimum absolute atomic E-state index is 0.221. The number of carbonyl (C=O) groups is 1. The van der Waals surface area contributed by atoms with E-state index in [9.17, 15) is 9.18 Å². The molecule has 0 atom stereocenters. The maximum absolute atomic E-state index is 13.4. The van der Waals surface area contributed by atoms with Crippen LogP contribution in [0.3, 0.4) is 0 Å². The summed E-state index contributed by atoms with van der Waals surface area (Å²) in [5.74, 6) is -0.00806. The van der Waals surface area contributed by atoms with Gasteiger partial charge in [0.25, 0.3) is 0 Å². The van der Waals surface area contributed by atoms with Gasteiger partial charge < -0.3 is 14.8 Å². The highest BCUT2D eigenvalue weighted by atomic mass is 35.5. The summed E-state index contributed by atoms with van der Waals surface area (Å²) >= 11 is 6.16. The van der Waals surface area contributed by atoms with Crippen molar-refractivity contribution in [1.29, 1.82) is 0 Å². The average Bonchev–Trinajstić information content (AvgIpc) is 2.83. The lowest BCUT2D eigenvalue weighted by Crippen LogP contribution is -2.06. The molecule has 0 unspecified atom stereocenters. The van der Waals surface area contributed by atoms with Crippen LogP contribution in [0.2, 0.25) is 5.02 Å². The Morgan fingerprint density at radius 1 is 1.00 bits per heavy atom. The summed E-state index contributed by atoms with van der Waals surface area (Å²) in [4.78, 5) is 11.9. The van der Waals surface area contributed by atoms with Gasteiger partial charge in [-0.05, 0) is 60.2 Å². The van der Waals surface area contributed by atoms with E-state index in [1.807, 2.05) is 48.5 Å². The van der Waals surface area contributed by atoms with Gasteiger partial charge in [0.2, 0.25) is 0 Å². The summed E-state index contributed by atoms with van der Waals surface area (Å²) in [6, 6.07) is 23.4. The van der Waals surface area contributed by atoms with Gasteiger partial charge in [-0.2, -0.15) is 0 Å². The first-order chi connectivity index (χ1) is 16.0. The Labute approximate surface area is 196 Å². The monoisotopic (exact) mass is 463 g/mol. The first kappa shape index (κ1) is 22.6. The van der Waals surface area contributed by atoms with Gasteiger partial charge in [0.05, 0.1) is 17.2 Å². The van der Waals surface area contributed by atoms with Crippen LogP contribution in [0.5, 0.6) is 5.75 Å². The number of anilines is 1. The molecule has 0 fully saturated rings. The fourth-order valence-corrected chi connectivity index (χ4v) is 3.78. The molecule has 0 heterocycles. The largest absolute Gasteiger partial charge is 0.488 e. The Hall–Kier alpha value is -3.57. The van der Waals surface area contributed by atoms with Crippen molar-refractivity contribution in [3.8, 4) is 5.75 Å². The molecule has 0 spiro atoms. The van der Waals surface area contributed by atoms with Gasteiger partial charge in [0, 0.05) is 23.4 Å². The fraction of sp³-hybridized carbons (Fsp3) is 0.148. The second kappa shape index (κ2) is 10.4. The predicted molar refractivity (Wildman–Crippen MR) is 129 cm³/mol. The van der Waals surface area contributed by atoms with Crippen LogP contribution in [0.1, 0.15) is 28.4 Å². The summed E-state index contributed by atoms with van der Waals surface area (Å²) in [5.41, 5.74) is 3.07. The maximum Gasteiger partial charge on any atom is 0.338 e. The number of rotatable bonds is 8. The number of fused-ring (bicyclic) bond motifs is 1. The second-order valence-electron chi connectivity index (χ2n) is 7.44. The van der Waals surface area contributed by atoms with E-state index in [4.69, 9.17) is 21.1 Å². The smallest absolute Gasteiger partial charge is 0.338 e. The Morgan fingerprint density at radius 2 is 1.79 bits per heavy atom. The van der Waals surface area contributed by atoms with Crippen molar-refractivity contribution >= 4 is 34.0 Å². The molecule has 33 heavy (non-hydrogen) atoms. The third kappa shape index (κ3) is 5.44. The molecule has 4 nitrogen and oxygen atoms in total. The van der Waals surface area contributed by atoms with Crippen LogP contribution in [0, 0.1) is 5.82 Å².